The predicted octanol–water partition coefficient (Wildman–Crippen LogP) is 3.00. The second kappa shape index (κ2) is 5.32. The Labute approximate surface area is 125 Å². The molecule has 5 nitrogen and oxygen atoms in total. The summed E-state index contributed by atoms with van der Waals surface area (Å²) >= 11 is 15.2. The maximum atomic E-state index is 11.3. The van der Waals surface area contributed by atoms with Crippen LogP contribution in [0.25, 0.3) is 5.69 Å². The summed E-state index contributed by atoms with van der Waals surface area (Å²) in [5, 5.41) is 13.1. The number of hydrogen-bond acceptors (Lipinski definition) is 3. The van der Waals surface area contributed by atoms with E-state index in [0.29, 0.717) is 10.2 Å². The normalized spacial score (nSPS) is 10.5. The summed E-state index contributed by atoms with van der Waals surface area (Å²) in [6.07, 6.45) is 1.32. The van der Waals surface area contributed by atoms with Gasteiger partial charge in [-0.3, -0.25) is 4.79 Å². The Morgan fingerprint density at radius 2 is 1.95 bits per heavy atom. The summed E-state index contributed by atoms with van der Waals surface area (Å²) in [6.45, 7) is 0. The number of halogens is 3. The molecule has 2 aromatic rings. The van der Waals surface area contributed by atoms with Crippen LogP contribution in [0.5, 0.6) is 0 Å². The maximum Gasteiger partial charge on any atom is 0.360 e. The van der Waals surface area contributed by atoms with Gasteiger partial charge in [0.2, 0.25) is 11.1 Å². The summed E-state index contributed by atoms with van der Waals surface area (Å²) in [4.78, 5) is 22.2. The third kappa shape index (κ3) is 2.65. The van der Waals surface area contributed by atoms with Crippen molar-refractivity contribution in [1.82, 2.24) is 9.78 Å². The third-order valence-corrected chi connectivity index (χ3v) is 4.03. The average molecular weight is 364 g/mol. The van der Waals surface area contributed by atoms with E-state index in [1.165, 1.54) is 10.9 Å². The van der Waals surface area contributed by atoms with Crippen molar-refractivity contribution in [3.63, 3.8) is 0 Å². The topological polar surface area (TPSA) is 72.2 Å². The van der Waals surface area contributed by atoms with Gasteiger partial charge in [0.1, 0.15) is 0 Å². The van der Waals surface area contributed by atoms with Crippen LogP contribution in [0, 0.1) is 0 Å². The van der Waals surface area contributed by atoms with Gasteiger partial charge in [0.25, 0.3) is 0 Å². The second-order valence-electron chi connectivity index (χ2n) is 3.47. The molecule has 0 bridgehead atoms. The van der Waals surface area contributed by atoms with Gasteiger partial charge < -0.3 is 5.11 Å². The molecule has 0 aliphatic carbocycles. The molecule has 0 unspecified atom stereocenters. The lowest BCUT2D eigenvalue weighted by molar-refractivity contribution is 0.0687. The van der Waals surface area contributed by atoms with Gasteiger partial charge >= 0.3 is 5.97 Å². The Bertz CT molecular complexity index is 730. The van der Waals surface area contributed by atoms with E-state index < -0.39 is 17.1 Å². The van der Waals surface area contributed by atoms with Gasteiger partial charge in [-0.25, -0.2) is 9.48 Å². The summed E-state index contributed by atoms with van der Waals surface area (Å²) < 4.78 is 1.79. The van der Waals surface area contributed by atoms with Crippen LogP contribution in [0.3, 0.4) is 0 Å². The van der Waals surface area contributed by atoms with Crippen molar-refractivity contribution in [2.24, 2.45) is 0 Å². The SMILES string of the molecule is O=C(O)c1nn(-c2ccc(Br)c(Cl)c2Cl)ccc1=O. The van der Waals surface area contributed by atoms with Gasteiger partial charge in [-0.2, -0.15) is 5.10 Å². The highest BCUT2D eigenvalue weighted by molar-refractivity contribution is 9.10. The van der Waals surface area contributed by atoms with E-state index in [0.717, 1.165) is 6.07 Å². The Kier molecular flexibility index (Phi) is 3.93. The van der Waals surface area contributed by atoms with Crippen molar-refractivity contribution in [1.29, 1.82) is 0 Å². The van der Waals surface area contributed by atoms with E-state index >= 15 is 0 Å². The number of benzene rings is 1. The van der Waals surface area contributed by atoms with Crippen LogP contribution in [0.1, 0.15) is 10.5 Å². The van der Waals surface area contributed by atoms with Gasteiger partial charge in [-0.15, -0.1) is 0 Å². The molecule has 19 heavy (non-hydrogen) atoms. The van der Waals surface area contributed by atoms with Gasteiger partial charge in [0.05, 0.1) is 15.7 Å². The lowest BCUT2D eigenvalue weighted by Gasteiger charge is -2.09. The molecule has 0 spiro atoms. The standard InChI is InChI=1S/C11H5BrCl2N2O3/c12-5-1-2-6(9(14)8(5)13)16-4-3-7(17)10(15-16)11(18)19/h1-4H,(H,18,19). The highest BCUT2D eigenvalue weighted by atomic mass is 79.9. The first kappa shape index (κ1) is 14.0. The molecule has 2 rings (SSSR count). The van der Waals surface area contributed by atoms with Gasteiger partial charge in [0, 0.05) is 16.7 Å². The van der Waals surface area contributed by atoms with Crippen molar-refractivity contribution in [2.75, 3.05) is 0 Å². The lowest BCUT2D eigenvalue weighted by Crippen LogP contribution is -2.20. The maximum absolute atomic E-state index is 11.3. The molecule has 0 fully saturated rings. The van der Waals surface area contributed by atoms with E-state index in [4.69, 9.17) is 28.3 Å². The van der Waals surface area contributed by atoms with Crippen molar-refractivity contribution < 1.29 is 9.90 Å². The smallest absolute Gasteiger partial charge is 0.360 e. The predicted molar refractivity (Wildman–Crippen MR) is 74.5 cm³/mol. The van der Waals surface area contributed by atoms with Crippen LogP contribution in [0.2, 0.25) is 10.0 Å². The van der Waals surface area contributed by atoms with E-state index in [-0.39, 0.29) is 10.0 Å². The fourth-order valence-corrected chi connectivity index (χ4v) is 2.24. The summed E-state index contributed by atoms with van der Waals surface area (Å²) in [6, 6.07) is 4.34. The van der Waals surface area contributed by atoms with Gasteiger partial charge in [-0.1, -0.05) is 23.2 Å². The van der Waals surface area contributed by atoms with Crippen LogP contribution in [0.15, 0.2) is 33.7 Å². The first-order valence-corrected chi connectivity index (χ1v) is 6.44. The molecule has 0 amide bonds. The fraction of sp³-hybridized carbons (Fsp3) is 0. The highest BCUT2D eigenvalue weighted by Gasteiger charge is 2.14. The Morgan fingerprint density at radius 3 is 2.58 bits per heavy atom. The van der Waals surface area contributed by atoms with Crippen LogP contribution in [0.4, 0.5) is 0 Å². The average Bonchev–Trinajstić information content (AvgIpc) is 2.37. The first-order valence-electron chi connectivity index (χ1n) is 4.89. The van der Waals surface area contributed by atoms with Gasteiger partial charge in [0.15, 0.2) is 0 Å². The summed E-state index contributed by atoms with van der Waals surface area (Å²) in [5.74, 6) is -1.40. The summed E-state index contributed by atoms with van der Waals surface area (Å²) in [5.41, 5.74) is -0.891. The molecule has 1 heterocycles. The van der Waals surface area contributed by atoms with E-state index in [9.17, 15) is 9.59 Å². The zero-order valence-corrected chi connectivity index (χ0v) is 12.2. The molecule has 1 N–H and O–H groups in total. The number of rotatable bonds is 2. The van der Waals surface area contributed by atoms with Crippen LogP contribution in [-0.2, 0) is 0 Å². The molecule has 1 aromatic carbocycles. The number of aromatic nitrogens is 2. The fourth-order valence-electron chi connectivity index (χ4n) is 1.38. The zero-order chi connectivity index (χ0) is 14.2. The summed E-state index contributed by atoms with van der Waals surface area (Å²) in [7, 11) is 0. The molecule has 0 aliphatic rings. The van der Waals surface area contributed by atoms with E-state index in [1.54, 1.807) is 12.1 Å². The van der Waals surface area contributed by atoms with Crippen molar-refractivity contribution in [3.05, 3.63) is 54.8 Å². The minimum Gasteiger partial charge on any atom is -0.476 e. The minimum atomic E-state index is -1.40. The number of hydrogen-bond donors (Lipinski definition) is 1. The molecule has 8 heteroatoms. The molecular formula is C11H5BrCl2N2O3. The number of carboxylic acids is 1. The molecule has 0 radical (unpaired) electrons. The first-order chi connectivity index (χ1) is 8.91. The highest BCUT2D eigenvalue weighted by Crippen LogP contribution is 2.34. The molecule has 0 saturated carbocycles. The zero-order valence-electron chi connectivity index (χ0n) is 9.10. The third-order valence-electron chi connectivity index (χ3n) is 2.27. The largest absolute Gasteiger partial charge is 0.476 e. The van der Waals surface area contributed by atoms with Crippen LogP contribution >= 0.6 is 39.1 Å². The van der Waals surface area contributed by atoms with Gasteiger partial charge in [-0.05, 0) is 28.1 Å². The Balaban J connectivity index is 2.67. The monoisotopic (exact) mass is 362 g/mol. The number of aromatic carboxylic acids is 1. The minimum absolute atomic E-state index is 0.198. The van der Waals surface area contributed by atoms with E-state index in [1.807, 2.05) is 0 Å². The lowest BCUT2D eigenvalue weighted by atomic mass is 10.3. The van der Waals surface area contributed by atoms with Crippen molar-refractivity contribution in [3.8, 4) is 5.69 Å². The molecule has 0 saturated heterocycles. The number of carboxylic acid groups (broad SMARTS) is 1. The van der Waals surface area contributed by atoms with Crippen LogP contribution < -0.4 is 5.43 Å². The molecule has 1 aromatic heterocycles. The Morgan fingerprint density at radius 1 is 1.26 bits per heavy atom. The molecule has 0 atom stereocenters. The molecular weight excluding hydrogens is 359 g/mol. The number of carbonyl (C=O) groups is 1. The Hall–Kier alpha value is -1.37. The quantitative estimate of drug-likeness (QED) is 0.832. The van der Waals surface area contributed by atoms with E-state index in [2.05, 4.69) is 21.0 Å². The van der Waals surface area contributed by atoms with Crippen molar-refractivity contribution >= 4 is 45.1 Å². The van der Waals surface area contributed by atoms with Crippen molar-refractivity contribution in [2.45, 2.75) is 0 Å². The second-order valence-corrected chi connectivity index (χ2v) is 5.08. The molecule has 98 valence electrons. The number of nitrogens with zero attached hydrogens (tertiary/aromatic N) is 2. The molecule has 0 aliphatic heterocycles. The van der Waals surface area contributed by atoms with Crippen LogP contribution in [-0.4, -0.2) is 20.9 Å².